The molecule has 3 aromatic carbocycles. The van der Waals surface area contributed by atoms with E-state index in [1.54, 1.807) is 12.1 Å². The van der Waals surface area contributed by atoms with Crippen LogP contribution in [0.25, 0.3) is 11.1 Å². The van der Waals surface area contributed by atoms with E-state index in [2.05, 4.69) is 21.2 Å². The molecule has 0 unspecified atom stereocenters. The zero-order valence-electron chi connectivity index (χ0n) is 18.0. The normalized spacial score (nSPS) is 11.6. The molecule has 34 heavy (non-hydrogen) atoms. The number of aliphatic hydroxyl groups excluding tert-OH is 1. The van der Waals surface area contributed by atoms with E-state index < -0.39 is 18.6 Å². The summed E-state index contributed by atoms with van der Waals surface area (Å²) in [5.41, 5.74) is 3.52. The van der Waals surface area contributed by atoms with Crippen LogP contribution in [0.1, 0.15) is 11.1 Å². The summed E-state index contributed by atoms with van der Waals surface area (Å²) in [6.07, 6.45) is 0.603. The fourth-order valence-corrected chi connectivity index (χ4v) is 4.08. The van der Waals surface area contributed by atoms with Gasteiger partial charge in [-0.25, -0.2) is 0 Å². The number of hydrogen-bond acceptors (Lipinski definition) is 6. The van der Waals surface area contributed by atoms with Crippen LogP contribution in [-0.4, -0.2) is 41.7 Å². The number of halogens is 2. The number of benzene rings is 3. The molecule has 3 aromatic rings. The lowest BCUT2D eigenvalue weighted by Crippen LogP contribution is -2.39. The zero-order chi connectivity index (χ0) is 24.5. The van der Waals surface area contributed by atoms with Gasteiger partial charge in [0.15, 0.2) is 6.29 Å². The smallest absolute Gasteiger partial charge is 0.323 e. The molecule has 1 atom stereocenters. The second-order valence-corrected chi connectivity index (χ2v) is 8.46. The highest BCUT2D eigenvalue weighted by Crippen LogP contribution is 2.35. The van der Waals surface area contributed by atoms with Gasteiger partial charge in [-0.1, -0.05) is 60.1 Å². The molecule has 178 valence electrons. The molecule has 0 spiro atoms. The highest BCUT2D eigenvalue weighted by molar-refractivity contribution is 9.10. The highest BCUT2D eigenvalue weighted by atomic mass is 79.9. The standard InChI is InChI=1S/C25H23BrClNO6/c26-24-17(7-4-8-19(24)16-5-2-1-3-6-16)15-34-23-12-22(33-10-9-29)18(11-20(23)27)13-28-21(14-30)25(31)32/h1-9,11-12,21,28,30H,10,13-15H2,(H,31,32)/t21-/m0/s1. The number of carbonyl (C=O) groups excluding carboxylic acids is 1. The Morgan fingerprint density at radius 1 is 1.06 bits per heavy atom. The van der Waals surface area contributed by atoms with Crippen LogP contribution in [-0.2, 0) is 22.7 Å². The molecule has 0 saturated heterocycles. The maximum Gasteiger partial charge on any atom is 0.323 e. The Balaban J connectivity index is 1.81. The maximum atomic E-state index is 11.1. The summed E-state index contributed by atoms with van der Waals surface area (Å²) >= 11 is 10.1. The monoisotopic (exact) mass is 547 g/mol. The minimum Gasteiger partial charge on any atom is -0.487 e. The van der Waals surface area contributed by atoms with Crippen molar-refractivity contribution >= 4 is 39.8 Å². The van der Waals surface area contributed by atoms with E-state index in [1.807, 2.05) is 48.5 Å². The molecule has 3 rings (SSSR count). The summed E-state index contributed by atoms with van der Waals surface area (Å²) in [6, 6.07) is 17.8. The van der Waals surface area contributed by atoms with Gasteiger partial charge in [-0.2, -0.15) is 0 Å². The molecular weight excluding hydrogens is 526 g/mol. The number of ether oxygens (including phenoxy) is 2. The van der Waals surface area contributed by atoms with Crippen molar-refractivity contribution in [1.29, 1.82) is 0 Å². The Bertz CT molecular complexity index is 1140. The largest absolute Gasteiger partial charge is 0.487 e. The predicted molar refractivity (Wildman–Crippen MR) is 132 cm³/mol. The van der Waals surface area contributed by atoms with Crippen molar-refractivity contribution in [2.24, 2.45) is 0 Å². The lowest BCUT2D eigenvalue weighted by Gasteiger charge is -2.17. The summed E-state index contributed by atoms with van der Waals surface area (Å²) in [6.45, 7) is -0.500. The van der Waals surface area contributed by atoms with Crippen LogP contribution in [0, 0.1) is 0 Å². The molecule has 0 aliphatic carbocycles. The number of carboxylic acid groups (broad SMARTS) is 1. The number of rotatable bonds is 12. The summed E-state index contributed by atoms with van der Waals surface area (Å²) in [5.74, 6) is -0.523. The Labute approximate surface area is 210 Å². The van der Waals surface area contributed by atoms with Gasteiger partial charge in [-0.05, 0) is 33.1 Å². The minimum atomic E-state index is -1.19. The van der Waals surface area contributed by atoms with Gasteiger partial charge in [0.25, 0.3) is 0 Å². The minimum absolute atomic E-state index is 0.0520. The number of hydrogen-bond donors (Lipinski definition) is 3. The molecule has 0 radical (unpaired) electrons. The van der Waals surface area contributed by atoms with E-state index in [1.165, 1.54) is 0 Å². The lowest BCUT2D eigenvalue weighted by atomic mass is 10.0. The number of carboxylic acids is 1. The van der Waals surface area contributed by atoms with Crippen molar-refractivity contribution in [2.45, 2.75) is 19.2 Å². The van der Waals surface area contributed by atoms with E-state index in [0.717, 1.165) is 21.2 Å². The Kier molecular flexibility index (Phi) is 9.47. The van der Waals surface area contributed by atoms with Crippen LogP contribution in [0.15, 0.2) is 65.1 Å². The predicted octanol–water partition coefficient (Wildman–Crippen LogP) is 4.46. The van der Waals surface area contributed by atoms with Gasteiger partial charge in [0.2, 0.25) is 0 Å². The molecule has 0 fully saturated rings. The van der Waals surface area contributed by atoms with E-state index in [-0.39, 0.29) is 19.8 Å². The van der Waals surface area contributed by atoms with Gasteiger partial charge >= 0.3 is 5.97 Å². The Morgan fingerprint density at radius 3 is 2.50 bits per heavy atom. The van der Waals surface area contributed by atoms with Crippen molar-refractivity contribution in [1.82, 2.24) is 5.32 Å². The van der Waals surface area contributed by atoms with Crippen LogP contribution in [0.2, 0.25) is 5.02 Å². The molecule has 0 aromatic heterocycles. The van der Waals surface area contributed by atoms with Crippen LogP contribution in [0.4, 0.5) is 0 Å². The van der Waals surface area contributed by atoms with Gasteiger partial charge in [0, 0.05) is 28.2 Å². The van der Waals surface area contributed by atoms with Crippen molar-refractivity contribution in [3.8, 4) is 22.6 Å². The van der Waals surface area contributed by atoms with Crippen LogP contribution >= 0.6 is 27.5 Å². The summed E-state index contributed by atoms with van der Waals surface area (Å²) in [7, 11) is 0. The first kappa shape index (κ1) is 25.7. The molecule has 9 heteroatoms. The van der Waals surface area contributed by atoms with Gasteiger partial charge in [0.05, 0.1) is 11.6 Å². The highest BCUT2D eigenvalue weighted by Gasteiger charge is 2.18. The van der Waals surface area contributed by atoms with E-state index in [0.29, 0.717) is 28.4 Å². The topological polar surface area (TPSA) is 105 Å². The molecular formula is C25H23BrClNO6. The Morgan fingerprint density at radius 2 is 1.82 bits per heavy atom. The van der Waals surface area contributed by atoms with Crippen LogP contribution in [0.5, 0.6) is 11.5 Å². The third-order valence-corrected chi connectivity index (χ3v) is 6.22. The molecule has 0 aliphatic heterocycles. The number of nitrogens with one attached hydrogen (secondary N) is 1. The molecule has 0 saturated carbocycles. The average molecular weight is 549 g/mol. The average Bonchev–Trinajstić information content (AvgIpc) is 2.84. The molecule has 0 heterocycles. The lowest BCUT2D eigenvalue weighted by molar-refractivity contribution is -0.140. The number of carbonyl (C=O) groups is 2. The third kappa shape index (κ3) is 6.57. The van der Waals surface area contributed by atoms with E-state index >= 15 is 0 Å². The van der Waals surface area contributed by atoms with Crippen molar-refractivity contribution in [3.05, 3.63) is 81.3 Å². The van der Waals surface area contributed by atoms with E-state index in [9.17, 15) is 14.7 Å². The fourth-order valence-electron chi connectivity index (χ4n) is 3.23. The first-order valence-electron chi connectivity index (χ1n) is 10.4. The quantitative estimate of drug-likeness (QED) is 0.287. The zero-order valence-corrected chi connectivity index (χ0v) is 20.4. The second kappa shape index (κ2) is 12.5. The van der Waals surface area contributed by atoms with Crippen LogP contribution in [0.3, 0.4) is 0 Å². The maximum absolute atomic E-state index is 11.1. The van der Waals surface area contributed by atoms with E-state index in [4.69, 9.17) is 26.2 Å². The van der Waals surface area contributed by atoms with Crippen molar-refractivity contribution < 1.29 is 29.3 Å². The summed E-state index contributed by atoms with van der Waals surface area (Å²) in [4.78, 5) is 22.0. The van der Waals surface area contributed by atoms with Gasteiger partial charge in [0.1, 0.15) is 30.8 Å². The van der Waals surface area contributed by atoms with Gasteiger partial charge < -0.3 is 19.7 Å². The molecule has 0 bridgehead atoms. The molecule has 0 aliphatic rings. The number of aliphatic carboxylic acids is 1. The van der Waals surface area contributed by atoms with Gasteiger partial charge in [-0.3, -0.25) is 14.9 Å². The van der Waals surface area contributed by atoms with Gasteiger partial charge in [-0.15, -0.1) is 0 Å². The van der Waals surface area contributed by atoms with Crippen LogP contribution < -0.4 is 14.8 Å². The van der Waals surface area contributed by atoms with Crippen molar-refractivity contribution in [2.75, 3.05) is 13.2 Å². The molecule has 0 amide bonds. The summed E-state index contributed by atoms with van der Waals surface area (Å²) in [5, 5.41) is 21.3. The second-order valence-electron chi connectivity index (χ2n) is 7.26. The first-order valence-corrected chi connectivity index (χ1v) is 11.5. The number of aldehydes is 1. The van der Waals surface area contributed by atoms with Crippen molar-refractivity contribution in [3.63, 3.8) is 0 Å². The number of aliphatic hydroxyl groups is 1. The molecule has 3 N–H and O–H groups in total. The molecule has 7 nitrogen and oxygen atoms in total. The SMILES string of the molecule is O=CCOc1cc(OCc2cccc(-c3ccccc3)c2Br)c(Cl)cc1CN[C@@H](CO)C(=O)O. The fraction of sp³-hybridized carbons (Fsp3) is 0.200. The first-order chi connectivity index (χ1) is 16.4. The summed E-state index contributed by atoms with van der Waals surface area (Å²) < 4.78 is 12.4. The third-order valence-electron chi connectivity index (χ3n) is 4.99. The Hall–Kier alpha value is -2.91.